The third-order valence-corrected chi connectivity index (χ3v) is 8.30. The zero-order valence-corrected chi connectivity index (χ0v) is 23.6. The van der Waals surface area contributed by atoms with Crippen LogP contribution in [0.1, 0.15) is 57.7 Å². The van der Waals surface area contributed by atoms with Crippen molar-refractivity contribution < 1.29 is 35.9 Å². The van der Waals surface area contributed by atoms with E-state index in [1.54, 1.807) is 57.2 Å². The highest BCUT2D eigenvalue weighted by Gasteiger charge is 2.51. The zero-order chi connectivity index (χ0) is 29.1. The van der Waals surface area contributed by atoms with Crippen LogP contribution in [0, 0.1) is 0 Å². The van der Waals surface area contributed by atoms with E-state index in [1.165, 1.54) is 6.20 Å². The van der Waals surface area contributed by atoms with Crippen LogP contribution in [0.3, 0.4) is 0 Å². The van der Waals surface area contributed by atoms with E-state index in [1.807, 2.05) is 4.90 Å². The number of anilines is 2. The number of halogens is 3. The van der Waals surface area contributed by atoms with Crippen molar-refractivity contribution in [1.82, 2.24) is 9.29 Å². The Hall–Kier alpha value is -2.90. The van der Waals surface area contributed by atoms with Crippen LogP contribution in [0.25, 0.3) is 0 Å². The first-order valence-corrected chi connectivity index (χ1v) is 14.6. The van der Waals surface area contributed by atoms with Gasteiger partial charge in [-0.25, -0.2) is 13.2 Å². The highest BCUT2D eigenvalue weighted by atomic mass is 32.2. The van der Waals surface area contributed by atoms with Crippen LogP contribution in [0.5, 0.6) is 0 Å². The molecule has 1 amide bonds. The van der Waals surface area contributed by atoms with Crippen molar-refractivity contribution in [2.24, 2.45) is 0 Å². The molecule has 0 radical (unpaired) electrons. The number of carbonyl (C=O) groups is 1. The third-order valence-electron chi connectivity index (χ3n) is 6.76. The normalized spacial score (nSPS) is 19.2. The van der Waals surface area contributed by atoms with Crippen LogP contribution in [-0.4, -0.2) is 60.2 Å². The Balaban J connectivity index is 1.66. The summed E-state index contributed by atoms with van der Waals surface area (Å²) in [4.78, 5) is 18.5. The summed E-state index contributed by atoms with van der Waals surface area (Å²) >= 11 is 0. The SMILES string of the molecule is CC(C)(C)OC(=O)Nc1ccnc(CN2c3ccccc3CN(S(=O)(=O)C(F)(F)F)C[C@H]2COC2CCCC2)c1. The van der Waals surface area contributed by atoms with Gasteiger partial charge in [-0.1, -0.05) is 31.0 Å². The van der Waals surface area contributed by atoms with Crippen molar-refractivity contribution in [2.75, 3.05) is 23.4 Å². The van der Waals surface area contributed by atoms with Gasteiger partial charge in [0, 0.05) is 30.7 Å². The summed E-state index contributed by atoms with van der Waals surface area (Å²) in [6.45, 7) is 4.57. The number of aromatic nitrogens is 1. The van der Waals surface area contributed by atoms with E-state index in [-0.39, 0.29) is 19.3 Å². The van der Waals surface area contributed by atoms with E-state index in [9.17, 15) is 26.4 Å². The predicted octanol–water partition coefficient (Wildman–Crippen LogP) is 5.43. The van der Waals surface area contributed by atoms with E-state index in [0.717, 1.165) is 25.7 Å². The molecule has 0 spiro atoms. The molecular weight excluding hydrogens is 549 g/mol. The molecular formula is C27H35F3N4O5S. The molecule has 1 aromatic heterocycles. The summed E-state index contributed by atoms with van der Waals surface area (Å²) in [7, 11) is -5.59. The number of fused-ring (bicyclic) bond motifs is 1. The van der Waals surface area contributed by atoms with Crippen molar-refractivity contribution >= 4 is 27.5 Å². The lowest BCUT2D eigenvalue weighted by atomic mass is 10.1. The number of ether oxygens (including phenoxy) is 2. The molecule has 13 heteroatoms. The number of pyridine rings is 1. The second kappa shape index (κ2) is 11.9. The van der Waals surface area contributed by atoms with Gasteiger partial charge >= 0.3 is 21.6 Å². The maximum atomic E-state index is 13.7. The number of alkyl halides is 3. The van der Waals surface area contributed by atoms with Crippen molar-refractivity contribution in [3.05, 3.63) is 53.9 Å². The number of hydrogen-bond donors (Lipinski definition) is 1. The minimum absolute atomic E-state index is 0.0208. The lowest BCUT2D eigenvalue weighted by Crippen LogP contribution is -2.49. The summed E-state index contributed by atoms with van der Waals surface area (Å²) in [6, 6.07) is 9.31. The Morgan fingerprint density at radius 3 is 2.50 bits per heavy atom. The van der Waals surface area contributed by atoms with Crippen LogP contribution in [0.15, 0.2) is 42.6 Å². The number of nitrogens with one attached hydrogen (secondary N) is 1. The average Bonchev–Trinajstić information content (AvgIpc) is 3.31. The van der Waals surface area contributed by atoms with Crippen molar-refractivity contribution in [3.8, 4) is 0 Å². The first-order valence-electron chi connectivity index (χ1n) is 13.2. The molecule has 1 aromatic carbocycles. The number of carbonyl (C=O) groups excluding carboxylic acids is 1. The number of amides is 1. The molecule has 1 atom stereocenters. The fourth-order valence-electron chi connectivity index (χ4n) is 4.94. The van der Waals surface area contributed by atoms with Gasteiger partial charge in [-0.05, 0) is 57.4 Å². The van der Waals surface area contributed by atoms with Gasteiger partial charge in [-0.2, -0.15) is 17.5 Å². The van der Waals surface area contributed by atoms with E-state index < -0.39 is 46.4 Å². The van der Waals surface area contributed by atoms with Gasteiger partial charge in [-0.15, -0.1) is 0 Å². The van der Waals surface area contributed by atoms with Crippen LogP contribution < -0.4 is 10.2 Å². The van der Waals surface area contributed by atoms with Crippen LogP contribution in [0.2, 0.25) is 0 Å². The minimum Gasteiger partial charge on any atom is -0.444 e. The topological polar surface area (TPSA) is 101 Å². The zero-order valence-electron chi connectivity index (χ0n) is 22.8. The van der Waals surface area contributed by atoms with E-state index in [2.05, 4.69) is 10.3 Å². The fourth-order valence-corrected chi connectivity index (χ4v) is 5.91. The predicted molar refractivity (Wildman–Crippen MR) is 144 cm³/mol. The summed E-state index contributed by atoms with van der Waals surface area (Å²) < 4.78 is 78.0. The van der Waals surface area contributed by atoms with E-state index >= 15 is 0 Å². The minimum atomic E-state index is -5.59. The smallest absolute Gasteiger partial charge is 0.444 e. The highest BCUT2D eigenvalue weighted by Crippen LogP contribution is 2.35. The number of para-hydroxylation sites is 1. The lowest BCUT2D eigenvalue weighted by Gasteiger charge is -2.34. The number of rotatable bonds is 7. The van der Waals surface area contributed by atoms with Gasteiger partial charge in [0.25, 0.3) is 0 Å². The van der Waals surface area contributed by atoms with Crippen molar-refractivity contribution in [2.45, 2.75) is 82.8 Å². The highest BCUT2D eigenvalue weighted by molar-refractivity contribution is 7.89. The summed E-state index contributed by atoms with van der Waals surface area (Å²) in [5.74, 6) is 0. The van der Waals surface area contributed by atoms with E-state index in [4.69, 9.17) is 9.47 Å². The number of benzene rings is 1. The Kier molecular flexibility index (Phi) is 8.96. The molecule has 40 heavy (non-hydrogen) atoms. The van der Waals surface area contributed by atoms with Crippen molar-refractivity contribution in [3.63, 3.8) is 0 Å². The largest absolute Gasteiger partial charge is 0.511 e. The quantitative estimate of drug-likeness (QED) is 0.463. The molecule has 0 saturated heterocycles. The Morgan fingerprint density at radius 1 is 1.12 bits per heavy atom. The van der Waals surface area contributed by atoms with Crippen LogP contribution in [-0.2, 0) is 32.6 Å². The van der Waals surface area contributed by atoms with Crippen LogP contribution >= 0.6 is 0 Å². The molecule has 0 unspecified atom stereocenters. The Labute approximate surface area is 232 Å². The van der Waals surface area contributed by atoms with Gasteiger partial charge in [0.1, 0.15) is 5.60 Å². The maximum absolute atomic E-state index is 13.7. The first kappa shape index (κ1) is 30.1. The molecule has 2 aliphatic rings. The molecule has 1 N–H and O–H groups in total. The van der Waals surface area contributed by atoms with Gasteiger partial charge in [0.15, 0.2) is 0 Å². The monoisotopic (exact) mass is 584 g/mol. The van der Waals surface area contributed by atoms with Gasteiger partial charge in [-0.3, -0.25) is 10.3 Å². The van der Waals surface area contributed by atoms with Gasteiger partial charge < -0.3 is 14.4 Å². The molecule has 2 heterocycles. The molecule has 0 bridgehead atoms. The molecule has 9 nitrogen and oxygen atoms in total. The molecule has 220 valence electrons. The van der Waals surface area contributed by atoms with Gasteiger partial charge in [0.2, 0.25) is 0 Å². The molecule has 1 fully saturated rings. The summed E-state index contributed by atoms with van der Waals surface area (Å²) in [6.07, 6.45) is 4.58. The number of sulfonamides is 1. The van der Waals surface area contributed by atoms with Gasteiger partial charge in [0.05, 0.1) is 31.0 Å². The molecule has 4 rings (SSSR count). The number of nitrogens with zero attached hydrogens (tertiary/aromatic N) is 3. The average molecular weight is 585 g/mol. The van der Waals surface area contributed by atoms with E-state index in [0.29, 0.717) is 26.9 Å². The molecule has 2 aromatic rings. The second-order valence-electron chi connectivity index (χ2n) is 11.1. The Morgan fingerprint density at radius 2 is 1.82 bits per heavy atom. The number of hydrogen-bond acceptors (Lipinski definition) is 7. The second-order valence-corrected chi connectivity index (χ2v) is 13.0. The molecule has 1 saturated carbocycles. The fraction of sp³-hybridized carbons (Fsp3) is 0.556. The van der Waals surface area contributed by atoms with Crippen molar-refractivity contribution in [1.29, 1.82) is 0 Å². The molecule has 1 aliphatic carbocycles. The van der Waals surface area contributed by atoms with Crippen LogP contribution in [0.4, 0.5) is 29.3 Å². The standard InChI is InChI=1S/C27H35F3N4O5S/c1-26(2,3)39-25(35)32-20-12-13-31-21(14-20)16-34-22(18-38-23-9-5-6-10-23)17-33(40(36,37)27(28,29)30)15-19-8-4-7-11-24(19)34/h4,7-8,11-14,22-23H,5-6,9-10,15-18H2,1-3H3,(H,31,32,35)/t22-/m0/s1. The lowest BCUT2D eigenvalue weighted by molar-refractivity contribution is -0.0495. The third kappa shape index (κ3) is 7.43. The summed E-state index contributed by atoms with van der Waals surface area (Å²) in [5.41, 5.74) is -4.15. The summed E-state index contributed by atoms with van der Waals surface area (Å²) in [5, 5.41) is 2.67. The molecule has 1 aliphatic heterocycles. The first-order chi connectivity index (χ1) is 18.7. The maximum Gasteiger partial charge on any atom is 0.511 e. The Bertz CT molecular complexity index is 1290.